The highest BCUT2D eigenvalue weighted by Crippen LogP contribution is 2.30. The molecule has 2 aromatic heterocycles. The first kappa shape index (κ1) is 23.7. The highest BCUT2D eigenvalue weighted by Gasteiger charge is 2.21. The van der Waals surface area contributed by atoms with E-state index in [1.807, 2.05) is 25.3 Å². The number of H-pyrrole nitrogens is 1. The number of nitrogens with zero attached hydrogens (tertiary/aromatic N) is 4. The molecule has 9 nitrogen and oxygen atoms in total. The molecule has 0 aliphatic heterocycles. The van der Waals surface area contributed by atoms with E-state index >= 15 is 0 Å². The molecule has 1 aromatic carbocycles. The van der Waals surface area contributed by atoms with Crippen molar-refractivity contribution in [3.63, 3.8) is 0 Å². The third kappa shape index (κ3) is 4.63. The van der Waals surface area contributed by atoms with Crippen molar-refractivity contribution in [1.29, 1.82) is 0 Å². The number of benzene rings is 1. The number of rotatable bonds is 8. The summed E-state index contributed by atoms with van der Waals surface area (Å²) < 4.78 is 2.02. The van der Waals surface area contributed by atoms with Crippen LogP contribution in [-0.4, -0.2) is 48.6 Å². The Morgan fingerprint density at radius 1 is 1.31 bits per heavy atom. The average molecular weight is 461 g/mol. The largest absolute Gasteiger partial charge is 0.478 e. The average Bonchev–Trinajstić information content (AvgIpc) is 3.18. The quantitative estimate of drug-likeness (QED) is 0.398. The van der Waals surface area contributed by atoms with Crippen molar-refractivity contribution in [2.75, 3.05) is 11.9 Å². The van der Waals surface area contributed by atoms with Gasteiger partial charge in [-0.05, 0) is 44.4 Å². The number of nitrogens with one attached hydrogen (secondary N) is 2. The van der Waals surface area contributed by atoms with Gasteiger partial charge in [0.2, 0.25) is 5.62 Å². The van der Waals surface area contributed by atoms with Crippen LogP contribution < -0.4 is 10.9 Å². The molecule has 0 spiro atoms. The maximum absolute atomic E-state index is 11.5. The van der Waals surface area contributed by atoms with Gasteiger partial charge in [-0.3, -0.25) is 5.10 Å². The summed E-state index contributed by atoms with van der Waals surface area (Å²) in [5.74, 6) is -0.513. The molecule has 0 saturated carbocycles. The molecule has 3 rings (SSSR count). The Morgan fingerprint density at radius 2 is 2.03 bits per heavy atom. The molecule has 0 aliphatic rings. The van der Waals surface area contributed by atoms with Crippen LogP contribution in [0.25, 0.3) is 11.0 Å². The van der Waals surface area contributed by atoms with Crippen LogP contribution in [0.4, 0.5) is 11.5 Å². The standard InChI is InChI=1S/C22H29ClN6O3/c1-6-13(10-30)25-22-26-20(24-14-7-8-16(23)15(9-14)21(31)32)18-19(29(22)12(4)5)17(11(2)3)27-28-18/h7-9,11-13,30H,6,10H2,1-5H3,(H,27,28)(H,31,32)(H,24,25,26). The Morgan fingerprint density at radius 3 is 2.59 bits per heavy atom. The van der Waals surface area contributed by atoms with Gasteiger partial charge in [-0.25, -0.2) is 9.79 Å². The maximum Gasteiger partial charge on any atom is 0.337 e. The van der Waals surface area contributed by atoms with Gasteiger partial charge in [-0.1, -0.05) is 32.4 Å². The number of anilines is 2. The predicted octanol–water partition coefficient (Wildman–Crippen LogP) is 4.23. The number of hydrogen-bond acceptors (Lipinski definition) is 6. The molecule has 0 radical (unpaired) electrons. The van der Waals surface area contributed by atoms with Crippen molar-refractivity contribution >= 4 is 40.1 Å². The lowest BCUT2D eigenvalue weighted by atomic mass is 10.1. The van der Waals surface area contributed by atoms with E-state index in [-0.39, 0.29) is 35.2 Å². The monoisotopic (exact) mass is 460 g/mol. The van der Waals surface area contributed by atoms with Gasteiger partial charge in [0.05, 0.1) is 34.4 Å². The number of halogens is 1. The Hall–Kier alpha value is -2.91. The molecule has 3 aromatic rings. The Labute approximate surface area is 191 Å². The summed E-state index contributed by atoms with van der Waals surface area (Å²) in [5.41, 5.74) is 3.39. The molecular formula is C22H29ClN6O3. The first-order valence-corrected chi connectivity index (χ1v) is 11.0. The van der Waals surface area contributed by atoms with Crippen LogP contribution >= 0.6 is 11.6 Å². The normalized spacial score (nSPS) is 13.3. The first-order chi connectivity index (χ1) is 15.2. The van der Waals surface area contributed by atoms with E-state index in [0.717, 1.165) is 11.2 Å². The summed E-state index contributed by atoms with van der Waals surface area (Å²) in [6.45, 7) is 10.1. The number of aromatic nitrogens is 4. The molecule has 0 amide bonds. The topological polar surface area (TPSA) is 128 Å². The number of aromatic carboxylic acids is 1. The lowest BCUT2D eigenvalue weighted by Crippen LogP contribution is -2.30. The molecule has 0 fully saturated rings. The first-order valence-electron chi connectivity index (χ1n) is 10.6. The number of aliphatic hydroxyl groups is 1. The van der Waals surface area contributed by atoms with E-state index in [2.05, 4.69) is 29.4 Å². The van der Waals surface area contributed by atoms with Crippen molar-refractivity contribution in [3.05, 3.63) is 40.1 Å². The van der Waals surface area contributed by atoms with Crippen LogP contribution in [-0.2, 0) is 0 Å². The third-order valence-electron chi connectivity index (χ3n) is 5.19. The molecule has 1 atom stereocenters. The number of carbonyl (C=O) groups is 1. The zero-order chi connectivity index (χ0) is 23.6. The fraction of sp³-hybridized carbons (Fsp3) is 0.455. The highest BCUT2D eigenvalue weighted by atomic mass is 35.5. The fourth-order valence-electron chi connectivity index (χ4n) is 3.46. The summed E-state index contributed by atoms with van der Waals surface area (Å²) in [4.78, 5) is 20.9. The SMILES string of the molecule is CCC(CO)N=c1nc(Nc2ccc(Cl)c(C(=O)O)c2)c2n[nH]c(C(C)C)c2n1C(C)C. The summed E-state index contributed by atoms with van der Waals surface area (Å²) >= 11 is 6.01. The summed E-state index contributed by atoms with van der Waals surface area (Å²) in [6, 6.07) is 4.41. The van der Waals surface area contributed by atoms with E-state index in [1.165, 1.54) is 12.1 Å². The number of aromatic amines is 1. The van der Waals surface area contributed by atoms with Gasteiger partial charge in [0.25, 0.3) is 0 Å². The second-order valence-electron chi connectivity index (χ2n) is 8.21. The Balaban J connectivity index is 2.31. The number of fused-ring (bicyclic) bond motifs is 1. The van der Waals surface area contributed by atoms with E-state index in [9.17, 15) is 15.0 Å². The van der Waals surface area contributed by atoms with E-state index in [1.54, 1.807) is 6.07 Å². The zero-order valence-corrected chi connectivity index (χ0v) is 19.6. The number of carboxylic acids is 1. The number of hydrogen-bond donors (Lipinski definition) is 4. The molecule has 10 heteroatoms. The molecule has 0 aliphatic carbocycles. The molecule has 4 N–H and O–H groups in total. The lowest BCUT2D eigenvalue weighted by Gasteiger charge is -2.18. The second-order valence-corrected chi connectivity index (χ2v) is 8.62. The van der Waals surface area contributed by atoms with E-state index in [0.29, 0.717) is 29.1 Å². The lowest BCUT2D eigenvalue weighted by molar-refractivity contribution is 0.0697. The molecule has 2 heterocycles. The smallest absolute Gasteiger partial charge is 0.337 e. The van der Waals surface area contributed by atoms with E-state index in [4.69, 9.17) is 21.6 Å². The fourth-order valence-corrected chi connectivity index (χ4v) is 3.66. The highest BCUT2D eigenvalue weighted by molar-refractivity contribution is 6.33. The zero-order valence-electron chi connectivity index (χ0n) is 18.8. The minimum Gasteiger partial charge on any atom is -0.478 e. The van der Waals surface area contributed by atoms with Crippen LogP contribution in [0.5, 0.6) is 0 Å². The van der Waals surface area contributed by atoms with Crippen LogP contribution in [0.3, 0.4) is 0 Å². The van der Waals surface area contributed by atoms with Gasteiger partial charge < -0.3 is 20.1 Å². The molecule has 0 bridgehead atoms. The van der Waals surface area contributed by atoms with Crippen LogP contribution in [0.2, 0.25) is 5.02 Å². The molecule has 1 unspecified atom stereocenters. The van der Waals surface area contributed by atoms with Crippen molar-refractivity contribution < 1.29 is 15.0 Å². The summed E-state index contributed by atoms with van der Waals surface area (Å²) in [6.07, 6.45) is 0.665. The van der Waals surface area contributed by atoms with E-state index < -0.39 is 5.97 Å². The maximum atomic E-state index is 11.5. The van der Waals surface area contributed by atoms with Gasteiger partial charge in [0.1, 0.15) is 0 Å². The van der Waals surface area contributed by atoms with Crippen LogP contribution in [0, 0.1) is 0 Å². The van der Waals surface area contributed by atoms with Crippen molar-refractivity contribution in [2.24, 2.45) is 4.99 Å². The molecule has 0 saturated heterocycles. The predicted molar refractivity (Wildman–Crippen MR) is 125 cm³/mol. The molecule has 32 heavy (non-hydrogen) atoms. The Kier molecular flexibility index (Phi) is 7.20. The minimum atomic E-state index is -1.12. The van der Waals surface area contributed by atoms with Gasteiger partial charge >= 0.3 is 5.97 Å². The number of aliphatic hydroxyl groups excluding tert-OH is 1. The number of carboxylic acid groups (broad SMARTS) is 1. The third-order valence-corrected chi connectivity index (χ3v) is 5.52. The Bertz CT molecular complexity index is 1190. The van der Waals surface area contributed by atoms with Gasteiger partial charge in [-0.15, -0.1) is 0 Å². The van der Waals surface area contributed by atoms with Gasteiger partial charge in [0, 0.05) is 11.7 Å². The summed E-state index contributed by atoms with van der Waals surface area (Å²) in [7, 11) is 0. The summed E-state index contributed by atoms with van der Waals surface area (Å²) in [5, 5.41) is 30.1. The van der Waals surface area contributed by atoms with Crippen LogP contribution in [0.15, 0.2) is 23.2 Å². The molecule has 172 valence electrons. The van der Waals surface area contributed by atoms with Crippen molar-refractivity contribution in [2.45, 2.75) is 59.0 Å². The minimum absolute atomic E-state index is 0.0118. The van der Waals surface area contributed by atoms with Crippen molar-refractivity contribution in [1.82, 2.24) is 19.7 Å². The van der Waals surface area contributed by atoms with Crippen molar-refractivity contribution in [3.8, 4) is 0 Å². The second kappa shape index (κ2) is 9.70. The van der Waals surface area contributed by atoms with Gasteiger partial charge in [-0.2, -0.15) is 10.1 Å². The van der Waals surface area contributed by atoms with Gasteiger partial charge in [0.15, 0.2) is 11.3 Å². The van der Waals surface area contributed by atoms with Crippen LogP contribution in [0.1, 0.15) is 69.1 Å². The molecular weight excluding hydrogens is 432 g/mol.